The van der Waals surface area contributed by atoms with Gasteiger partial charge >= 0.3 is 0 Å². The van der Waals surface area contributed by atoms with Crippen molar-refractivity contribution in [1.29, 1.82) is 0 Å². The van der Waals surface area contributed by atoms with E-state index in [2.05, 4.69) is 15.5 Å². The minimum atomic E-state index is -0.265. The van der Waals surface area contributed by atoms with E-state index in [1.165, 1.54) is 0 Å². The summed E-state index contributed by atoms with van der Waals surface area (Å²) < 4.78 is 5.43. The molecule has 0 saturated heterocycles. The standard InChI is InChI=1S/C14H14N4O2S/c15-14(21)11-5-1-2-6-12(11)20-9-13(19)16-8-10-4-3-7-17-18-10/h1-7H,8-9H2,(H2,15,21)(H,16,19). The van der Waals surface area contributed by atoms with E-state index in [-0.39, 0.29) is 17.5 Å². The summed E-state index contributed by atoms with van der Waals surface area (Å²) in [5.74, 6) is 0.220. The summed E-state index contributed by atoms with van der Waals surface area (Å²) in [6, 6.07) is 10.6. The van der Waals surface area contributed by atoms with E-state index in [0.29, 0.717) is 23.6 Å². The first kappa shape index (κ1) is 14.9. The molecule has 6 nitrogen and oxygen atoms in total. The van der Waals surface area contributed by atoms with Crippen molar-refractivity contribution < 1.29 is 9.53 Å². The second-order valence-electron chi connectivity index (χ2n) is 4.14. The molecule has 0 bridgehead atoms. The number of aromatic nitrogens is 2. The van der Waals surface area contributed by atoms with Crippen LogP contribution in [0, 0.1) is 0 Å². The van der Waals surface area contributed by atoms with Crippen molar-refractivity contribution in [1.82, 2.24) is 15.5 Å². The third-order valence-corrected chi connectivity index (χ3v) is 2.83. The zero-order valence-electron chi connectivity index (χ0n) is 11.2. The molecule has 7 heteroatoms. The first-order valence-corrected chi connectivity index (χ1v) is 6.62. The molecule has 0 aliphatic rings. The molecule has 2 aromatic rings. The van der Waals surface area contributed by atoms with Crippen LogP contribution in [0.4, 0.5) is 0 Å². The summed E-state index contributed by atoms with van der Waals surface area (Å²) in [4.78, 5) is 11.9. The topological polar surface area (TPSA) is 90.1 Å². The van der Waals surface area contributed by atoms with Crippen molar-refractivity contribution in [2.45, 2.75) is 6.54 Å². The van der Waals surface area contributed by atoms with Crippen LogP contribution in [0.25, 0.3) is 0 Å². The highest BCUT2D eigenvalue weighted by molar-refractivity contribution is 7.80. The second-order valence-corrected chi connectivity index (χ2v) is 4.58. The zero-order chi connectivity index (χ0) is 15.1. The molecule has 0 unspecified atom stereocenters. The van der Waals surface area contributed by atoms with Gasteiger partial charge in [-0.2, -0.15) is 10.2 Å². The van der Waals surface area contributed by atoms with Crippen LogP contribution in [-0.2, 0) is 11.3 Å². The van der Waals surface area contributed by atoms with Gasteiger partial charge in [0.25, 0.3) is 5.91 Å². The highest BCUT2D eigenvalue weighted by Gasteiger charge is 2.08. The Bertz CT molecular complexity index is 634. The lowest BCUT2D eigenvalue weighted by Gasteiger charge is -2.10. The molecule has 0 aliphatic heterocycles. The van der Waals surface area contributed by atoms with Crippen molar-refractivity contribution in [2.75, 3.05) is 6.61 Å². The van der Waals surface area contributed by atoms with Crippen molar-refractivity contribution in [2.24, 2.45) is 5.73 Å². The van der Waals surface area contributed by atoms with Crippen LogP contribution in [0.3, 0.4) is 0 Å². The number of nitrogens with two attached hydrogens (primary N) is 1. The molecule has 108 valence electrons. The lowest BCUT2D eigenvalue weighted by molar-refractivity contribution is -0.123. The summed E-state index contributed by atoms with van der Waals surface area (Å²) in [5, 5.41) is 10.3. The van der Waals surface area contributed by atoms with Gasteiger partial charge in [0.05, 0.1) is 17.8 Å². The summed E-state index contributed by atoms with van der Waals surface area (Å²) in [6.45, 7) is 0.173. The Balaban J connectivity index is 1.86. The smallest absolute Gasteiger partial charge is 0.258 e. The van der Waals surface area contributed by atoms with Gasteiger partial charge in [0, 0.05) is 6.20 Å². The van der Waals surface area contributed by atoms with E-state index in [1.807, 2.05) is 0 Å². The largest absolute Gasteiger partial charge is 0.483 e. The van der Waals surface area contributed by atoms with Gasteiger partial charge in [-0.25, -0.2) is 0 Å². The number of ether oxygens (including phenoxy) is 1. The maximum absolute atomic E-state index is 11.7. The Morgan fingerprint density at radius 3 is 2.81 bits per heavy atom. The number of nitrogens with one attached hydrogen (secondary N) is 1. The minimum Gasteiger partial charge on any atom is -0.483 e. The van der Waals surface area contributed by atoms with Crippen LogP contribution < -0.4 is 15.8 Å². The maximum atomic E-state index is 11.7. The van der Waals surface area contributed by atoms with E-state index in [1.54, 1.807) is 42.6 Å². The predicted molar refractivity (Wildman–Crippen MR) is 81.7 cm³/mol. The number of hydrogen-bond donors (Lipinski definition) is 2. The van der Waals surface area contributed by atoms with Gasteiger partial charge < -0.3 is 15.8 Å². The van der Waals surface area contributed by atoms with E-state index in [4.69, 9.17) is 22.7 Å². The van der Waals surface area contributed by atoms with Crippen LogP contribution in [0.1, 0.15) is 11.3 Å². The molecular weight excluding hydrogens is 288 g/mol. The fourth-order valence-corrected chi connectivity index (χ4v) is 1.78. The fraction of sp³-hybridized carbons (Fsp3) is 0.143. The maximum Gasteiger partial charge on any atom is 0.258 e. The van der Waals surface area contributed by atoms with Gasteiger partial charge in [-0.1, -0.05) is 24.4 Å². The summed E-state index contributed by atoms with van der Waals surface area (Å²) in [5.41, 5.74) is 6.87. The second kappa shape index (κ2) is 7.30. The molecule has 1 aromatic heterocycles. The Labute approximate surface area is 127 Å². The Morgan fingerprint density at radius 2 is 2.10 bits per heavy atom. The van der Waals surface area contributed by atoms with Crippen LogP contribution >= 0.6 is 12.2 Å². The highest BCUT2D eigenvalue weighted by Crippen LogP contribution is 2.17. The van der Waals surface area contributed by atoms with Crippen molar-refractivity contribution >= 4 is 23.1 Å². The van der Waals surface area contributed by atoms with Gasteiger partial charge in [-0.05, 0) is 24.3 Å². The number of para-hydroxylation sites is 1. The molecule has 0 radical (unpaired) electrons. The highest BCUT2D eigenvalue weighted by atomic mass is 32.1. The molecular formula is C14H14N4O2S. The molecule has 21 heavy (non-hydrogen) atoms. The first-order chi connectivity index (χ1) is 10.2. The number of carbonyl (C=O) groups is 1. The molecule has 3 N–H and O–H groups in total. The Kier molecular flexibility index (Phi) is 5.16. The lowest BCUT2D eigenvalue weighted by Crippen LogP contribution is -2.29. The van der Waals surface area contributed by atoms with E-state index < -0.39 is 0 Å². The van der Waals surface area contributed by atoms with E-state index in [9.17, 15) is 4.79 Å². The molecule has 1 heterocycles. The number of amides is 1. The summed E-state index contributed by atoms with van der Waals surface area (Å²) >= 11 is 4.93. The number of carbonyl (C=O) groups excluding carboxylic acids is 1. The average molecular weight is 302 g/mol. The van der Waals surface area contributed by atoms with Crippen LogP contribution in [0.15, 0.2) is 42.6 Å². The SMILES string of the molecule is NC(=S)c1ccccc1OCC(=O)NCc1cccnn1. The molecule has 0 atom stereocenters. The zero-order valence-corrected chi connectivity index (χ0v) is 12.0. The van der Waals surface area contributed by atoms with Crippen molar-refractivity contribution in [3.63, 3.8) is 0 Å². The van der Waals surface area contributed by atoms with Crippen LogP contribution in [-0.4, -0.2) is 27.7 Å². The lowest BCUT2D eigenvalue weighted by atomic mass is 10.2. The van der Waals surface area contributed by atoms with Gasteiger partial charge in [0.15, 0.2) is 6.61 Å². The number of hydrogen-bond acceptors (Lipinski definition) is 5. The van der Waals surface area contributed by atoms with Crippen molar-refractivity contribution in [3.05, 3.63) is 53.9 Å². The third kappa shape index (κ3) is 4.50. The average Bonchev–Trinajstić information content (AvgIpc) is 2.52. The number of thiocarbonyl (C=S) groups is 1. The summed E-state index contributed by atoms with van der Waals surface area (Å²) in [6.07, 6.45) is 1.57. The summed E-state index contributed by atoms with van der Waals surface area (Å²) in [7, 11) is 0. The predicted octanol–water partition coefficient (Wildman–Crippen LogP) is 0.806. The monoisotopic (exact) mass is 302 g/mol. The van der Waals surface area contributed by atoms with Crippen LogP contribution in [0.2, 0.25) is 0 Å². The molecule has 1 amide bonds. The molecule has 2 rings (SSSR count). The fourth-order valence-electron chi connectivity index (χ4n) is 1.61. The molecule has 0 saturated carbocycles. The Hall–Kier alpha value is -2.54. The number of benzene rings is 1. The number of nitrogens with zero attached hydrogens (tertiary/aromatic N) is 2. The minimum absolute atomic E-state index is 0.125. The molecule has 0 fully saturated rings. The Morgan fingerprint density at radius 1 is 1.29 bits per heavy atom. The third-order valence-electron chi connectivity index (χ3n) is 2.61. The first-order valence-electron chi connectivity index (χ1n) is 6.21. The van der Waals surface area contributed by atoms with Gasteiger partial charge in [0.1, 0.15) is 10.7 Å². The van der Waals surface area contributed by atoms with E-state index in [0.717, 1.165) is 0 Å². The van der Waals surface area contributed by atoms with Gasteiger partial charge in [0.2, 0.25) is 0 Å². The molecule has 1 aromatic carbocycles. The van der Waals surface area contributed by atoms with Gasteiger partial charge in [-0.3, -0.25) is 4.79 Å². The molecule has 0 aliphatic carbocycles. The molecule has 0 spiro atoms. The number of rotatable bonds is 6. The quantitative estimate of drug-likeness (QED) is 0.767. The normalized spacial score (nSPS) is 9.90. The van der Waals surface area contributed by atoms with E-state index >= 15 is 0 Å². The van der Waals surface area contributed by atoms with Crippen LogP contribution in [0.5, 0.6) is 5.75 Å². The van der Waals surface area contributed by atoms with Gasteiger partial charge in [-0.15, -0.1) is 0 Å². The van der Waals surface area contributed by atoms with Crippen molar-refractivity contribution in [3.8, 4) is 5.75 Å².